The molecule has 0 amide bonds. The van der Waals surface area contributed by atoms with Gasteiger partial charge in [-0.2, -0.15) is 0 Å². The van der Waals surface area contributed by atoms with E-state index >= 15 is 0 Å². The van der Waals surface area contributed by atoms with Crippen LogP contribution in [0, 0.1) is 0 Å². The monoisotopic (exact) mass is 284 g/mol. The molecule has 4 nitrogen and oxygen atoms in total. The first-order valence-corrected chi connectivity index (χ1v) is 6.96. The maximum atomic E-state index is 11.9. The summed E-state index contributed by atoms with van der Waals surface area (Å²) in [6.45, 7) is 0.208. The topological polar surface area (TPSA) is 65.2 Å². The average molecular weight is 284 g/mol. The summed E-state index contributed by atoms with van der Waals surface area (Å²) in [5.41, 5.74) is 7.97. The number of hydrogen-bond acceptors (Lipinski definition) is 5. The van der Waals surface area contributed by atoms with E-state index in [0.717, 1.165) is 16.5 Å². The molecule has 0 aliphatic carbocycles. The van der Waals surface area contributed by atoms with Crippen LogP contribution < -0.4 is 5.73 Å². The molecule has 5 heteroatoms. The maximum absolute atomic E-state index is 11.9. The quantitative estimate of drug-likeness (QED) is 0.750. The number of pyridine rings is 1. The first-order valence-electron chi connectivity index (χ1n) is 6.08. The Morgan fingerprint density at radius 2 is 2.10 bits per heavy atom. The van der Waals surface area contributed by atoms with Gasteiger partial charge in [0, 0.05) is 17.1 Å². The number of hydrogen-bond donors (Lipinski definition) is 1. The molecule has 100 valence electrons. The minimum atomic E-state index is -0.390. The summed E-state index contributed by atoms with van der Waals surface area (Å²) >= 11 is 1.28. The average Bonchev–Trinajstić information content (AvgIpc) is 2.91. The van der Waals surface area contributed by atoms with E-state index in [0.29, 0.717) is 10.6 Å². The number of carbonyl (C=O) groups excluding carboxylic acids is 1. The van der Waals surface area contributed by atoms with Crippen LogP contribution in [-0.4, -0.2) is 11.0 Å². The number of thiophene rings is 1. The summed E-state index contributed by atoms with van der Waals surface area (Å²) in [6, 6.07) is 11.3. The number of nitrogen functional groups attached to an aromatic ring is 1. The van der Waals surface area contributed by atoms with Gasteiger partial charge in [-0.05, 0) is 23.6 Å². The van der Waals surface area contributed by atoms with Crippen molar-refractivity contribution in [2.24, 2.45) is 0 Å². The van der Waals surface area contributed by atoms with Crippen LogP contribution in [0.25, 0.3) is 10.9 Å². The zero-order valence-electron chi connectivity index (χ0n) is 10.6. The molecule has 0 spiro atoms. The van der Waals surface area contributed by atoms with Gasteiger partial charge in [-0.1, -0.05) is 18.2 Å². The third-order valence-electron chi connectivity index (χ3n) is 2.98. The van der Waals surface area contributed by atoms with Gasteiger partial charge in [0.05, 0.1) is 11.2 Å². The molecule has 1 aromatic carbocycles. The van der Waals surface area contributed by atoms with Gasteiger partial charge in [0.15, 0.2) is 0 Å². The van der Waals surface area contributed by atoms with E-state index in [4.69, 9.17) is 10.5 Å². The van der Waals surface area contributed by atoms with E-state index in [-0.39, 0.29) is 6.61 Å². The lowest BCUT2D eigenvalue weighted by Crippen LogP contribution is -2.06. The Kier molecular flexibility index (Phi) is 3.35. The van der Waals surface area contributed by atoms with Gasteiger partial charge in [-0.15, -0.1) is 11.3 Å². The van der Waals surface area contributed by atoms with Crippen LogP contribution in [0.1, 0.15) is 15.2 Å². The summed E-state index contributed by atoms with van der Waals surface area (Å²) in [7, 11) is 0. The van der Waals surface area contributed by atoms with Gasteiger partial charge in [0.1, 0.15) is 11.5 Å². The van der Waals surface area contributed by atoms with Crippen molar-refractivity contribution in [1.29, 1.82) is 0 Å². The van der Waals surface area contributed by atoms with Crippen LogP contribution in [0.5, 0.6) is 0 Å². The van der Waals surface area contributed by atoms with Gasteiger partial charge < -0.3 is 10.5 Å². The molecule has 0 aliphatic heterocycles. The lowest BCUT2D eigenvalue weighted by Gasteiger charge is -2.07. The van der Waals surface area contributed by atoms with Gasteiger partial charge in [-0.3, -0.25) is 4.98 Å². The summed E-state index contributed by atoms with van der Waals surface area (Å²) in [5, 5.41) is 2.76. The molecule has 0 radical (unpaired) electrons. The zero-order valence-corrected chi connectivity index (χ0v) is 11.4. The molecule has 0 fully saturated rings. The number of para-hydroxylation sites is 1. The highest BCUT2D eigenvalue weighted by Gasteiger charge is 2.13. The lowest BCUT2D eigenvalue weighted by atomic mass is 10.1. The van der Waals surface area contributed by atoms with Crippen molar-refractivity contribution >= 4 is 33.9 Å². The minimum absolute atomic E-state index is 0.208. The summed E-state index contributed by atoms with van der Waals surface area (Å²) in [4.78, 5) is 16.7. The van der Waals surface area contributed by atoms with Gasteiger partial charge in [0.25, 0.3) is 0 Å². The predicted molar refractivity (Wildman–Crippen MR) is 79.6 cm³/mol. The molecule has 0 aliphatic rings. The molecule has 20 heavy (non-hydrogen) atoms. The Bertz CT molecular complexity index is 762. The lowest BCUT2D eigenvalue weighted by molar-refractivity contribution is 0.0481. The fraction of sp³-hybridized carbons (Fsp3) is 0.0667. The van der Waals surface area contributed by atoms with E-state index in [1.807, 2.05) is 30.3 Å². The predicted octanol–water partition coefficient (Wildman–Crippen LogP) is 3.24. The first-order chi connectivity index (χ1) is 9.75. The zero-order chi connectivity index (χ0) is 13.9. The van der Waals surface area contributed by atoms with Crippen molar-refractivity contribution < 1.29 is 9.53 Å². The fourth-order valence-corrected chi connectivity index (χ4v) is 2.68. The molecule has 3 aromatic rings. The van der Waals surface area contributed by atoms with Crippen LogP contribution in [0.15, 0.2) is 48.0 Å². The van der Waals surface area contributed by atoms with Crippen LogP contribution in [0.4, 0.5) is 5.69 Å². The van der Waals surface area contributed by atoms with Crippen molar-refractivity contribution in [1.82, 2.24) is 4.98 Å². The normalized spacial score (nSPS) is 10.6. The largest absolute Gasteiger partial charge is 0.457 e. The smallest absolute Gasteiger partial charge is 0.350 e. The molecule has 2 aromatic heterocycles. The number of ether oxygens (including phenoxy) is 1. The summed E-state index contributed by atoms with van der Waals surface area (Å²) < 4.78 is 5.33. The molecule has 0 atom stereocenters. The van der Waals surface area contributed by atoms with E-state index in [1.54, 1.807) is 17.6 Å². The van der Waals surface area contributed by atoms with Crippen LogP contribution in [-0.2, 0) is 11.3 Å². The van der Waals surface area contributed by atoms with Gasteiger partial charge in [0.2, 0.25) is 0 Å². The van der Waals surface area contributed by atoms with Crippen molar-refractivity contribution in [3.05, 3.63) is 58.4 Å². The van der Waals surface area contributed by atoms with E-state index in [2.05, 4.69) is 4.98 Å². The molecular formula is C15H12N2O2S. The number of rotatable bonds is 3. The minimum Gasteiger partial charge on any atom is -0.457 e. The van der Waals surface area contributed by atoms with Crippen molar-refractivity contribution in [3.63, 3.8) is 0 Å². The first kappa shape index (κ1) is 12.6. The Morgan fingerprint density at radius 3 is 2.90 bits per heavy atom. The Hall–Kier alpha value is -2.40. The molecule has 2 heterocycles. The number of anilines is 1. The standard InChI is InChI=1S/C15H12N2O2S/c16-12-6-8-20-14(12)15(18)19-9-10-5-7-17-13-4-2-1-3-11(10)13/h1-8H,9,16H2. The third-order valence-corrected chi connectivity index (χ3v) is 3.89. The summed E-state index contributed by atoms with van der Waals surface area (Å²) in [6.07, 6.45) is 1.71. The summed E-state index contributed by atoms with van der Waals surface area (Å²) in [5.74, 6) is -0.390. The second-order valence-corrected chi connectivity index (χ2v) is 5.18. The fourth-order valence-electron chi connectivity index (χ4n) is 1.97. The van der Waals surface area contributed by atoms with Gasteiger partial charge >= 0.3 is 5.97 Å². The number of aromatic nitrogens is 1. The van der Waals surface area contributed by atoms with E-state index in [1.165, 1.54) is 11.3 Å². The third kappa shape index (κ3) is 2.35. The van der Waals surface area contributed by atoms with Crippen molar-refractivity contribution in [2.75, 3.05) is 5.73 Å². The Balaban J connectivity index is 1.81. The second-order valence-electron chi connectivity index (χ2n) is 4.27. The molecule has 3 rings (SSSR count). The highest BCUT2D eigenvalue weighted by atomic mass is 32.1. The van der Waals surface area contributed by atoms with E-state index in [9.17, 15) is 4.79 Å². The van der Waals surface area contributed by atoms with Crippen molar-refractivity contribution in [2.45, 2.75) is 6.61 Å². The molecule has 0 saturated heterocycles. The van der Waals surface area contributed by atoms with Crippen LogP contribution >= 0.6 is 11.3 Å². The van der Waals surface area contributed by atoms with Crippen LogP contribution in [0.2, 0.25) is 0 Å². The number of carbonyl (C=O) groups is 1. The molecule has 0 unspecified atom stereocenters. The molecule has 0 bridgehead atoms. The number of nitrogens with two attached hydrogens (primary N) is 1. The number of benzene rings is 1. The Labute approximate surface area is 119 Å². The highest BCUT2D eigenvalue weighted by Crippen LogP contribution is 2.22. The highest BCUT2D eigenvalue weighted by molar-refractivity contribution is 7.12. The molecule has 0 saturated carbocycles. The van der Waals surface area contributed by atoms with Crippen LogP contribution in [0.3, 0.4) is 0 Å². The maximum Gasteiger partial charge on any atom is 0.350 e. The van der Waals surface area contributed by atoms with E-state index < -0.39 is 5.97 Å². The molecule has 2 N–H and O–H groups in total. The number of nitrogens with zero attached hydrogens (tertiary/aromatic N) is 1. The number of esters is 1. The second kappa shape index (κ2) is 5.30. The Morgan fingerprint density at radius 1 is 1.25 bits per heavy atom. The number of fused-ring (bicyclic) bond motifs is 1. The SMILES string of the molecule is Nc1ccsc1C(=O)OCc1ccnc2ccccc12. The van der Waals surface area contributed by atoms with Gasteiger partial charge in [-0.25, -0.2) is 4.79 Å². The van der Waals surface area contributed by atoms with Crippen molar-refractivity contribution in [3.8, 4) is 0 Å². The molecular weight excluding hydrogens is 272 g/mol.